The molecule has 0 spiro atoms. The molecule has 0 aliphatic heterocycles. The molecule has 0 amide bonds. The van der Waals surface area contributed by atoms with E-state index >= 15 is 0 Å². The van der Waals surface area contributed by atoms with Gasteiger partial charge in [0.2, 0.25) is 5.95 Å². The standard InChI is InChI=1S/C18H17ClN4S/c19-13-5-3-4-12(10-13)16-17(24-11-21-16)15-8-9-20-18(23-15)22-14-6-1-2-7-14/h3-5,8-11,14H,1-2,6-7H2,(H,20,22,23). The zero-order chi connectivity index (χ0) is 16.4. The van der Waals surface area contributed by atoms with Crippen LogP contribution in [0.3, 0.4) is 0 Å². The molecule has 2 aromatic heterocycles. The van der Waals surface area contributed by atoms with Crippen molar-refractivity contribution in [2.24, 2.45) is 0 Å². The summed E-state index contributed by atoms with van der Waals surface area (Å²) in [5.41, 5.74) is 4.65. The molecular formula is C18H17ClN4S. The predicted molar refractivity (Wildman–Crippen MR) is 99.5 cm³/mol. The highest BCUT2D eigenvalue weighted by Crippen LogP contribution is 2.34. The number of nitrogens with zero attached hydrogens (tertiary/aromatic N) is 3. The van der Waals surface area contributed by atoms with Crippen molar-refractivity contribution in [1.29, 1.82) is 0 Å². The highest BCUT2D eigenvalue weighted by atomic mass is 35.5. The Labute approximate surface area is 150 Å². The zero-order valence-corrected chi connectivity index (χ0v) is 14.6. The Morgan fingerprint density at radius 2 is 2.00 bits per heavy atom. The summed E-state index contributed by atoms with van der Waals surface area (Å²) in [6.07, 6.45) is 6.77. The highest BCUT2D eigenvalue weighted by Gasteiger charge is 2.17. The second-order valence-electron chi connectivity index (χ2n) is 5.93. The maximum atomic E-state index is 6.12. The number of hydrogen-bond acceptors (Lipinski definition) is 5. The summed E-state index contributed by atoms with van der Waals surface area (Å²) in [6.45, 7) is 0. The van der Waals surface area contributed by atoms with Crippen molar-refractivity contribution in [1.82, 2.24) is 15.0 Å². The van der Waals surface area contributed by atoms with Crippen LogP contribution in [0.5, 0.6) is 0 Å². The molecule has 0 radical (unpaired) electrons. The number of halogens is 1. The Hall–Kier alpha value is -1.98. The second-order valence-corrected chi connectivity index (χ2v) is 7.22. The van der Waals surface area contributed by atoms with E-state index in [1.807, 2.05) is 35.8 Å². The lowest BCUT2D eigenvalue weighted by Crippen LogP contribution is -2.16. The van der Waals surface area contributed by atoms with Gasteiger partial charge in [0, 0.05) is 22.8 Å². The summed E-state index contributed by atoms with van der Waals surface area (Å²) in [4.78, 5) is 14.6. The molecular weight excluding hydrogens is 340 g/mol. The van der Waals surface area contributed by atoms with Crippen molar-refractivity contribution in [3.8, 4) is 21.8 Å². The third-order valence-electron chi connectivity index (χ3n) is 4.24. The average molecular weight is 357 g/mol. The van der Waals surface area contributed by atoms with Gasteiger partial charge in [0.1, 0.15) is 0 Å². The molecule has 0 saturated heterocycles. The van der Waals surface area contributed by atoms with Gasteiger partial charge in [-0.1, -0.05) is 36.6 Å². The molecule has 6 heteroatoms. The maximum Gasteiger partial charge on any atom is 0.223 e. The Bertz CT molecular complexity index is 842. The highest BCUT2D eigenvalue weighted by molar-refractivity contribution is 7.13. The average Bonchev–Trinajstić information content (AvgIpc) is 3.26. The maximum absolute atomic E-state index is 6.12. The van der Waals surface area contributed by atoms with Crippen molar-refractivity contribution in [3.63, 3.8) is 0 Å². The smallest absolute Gasteiger partial charge is 0.223 e. The molecule has 1 fully saturated rings. The van der Waals surface area contributed by atoms with Crippen LogP contribution in [0.15, 0.2) is 42.0 Å². The fourth-order valence-electron chi connectivity index (χ4n) is 3.08. The van der Waals surface area contributed by atoms with E-state index in [0.29, 0.717) is 17.0 Å². The largest absolute Gasteiger partial charge is 0.351 e. The van der Waals surface area contributed by atoms with E-state index in [9.17, 15) is 0 Å². The molecule has 1 saturated carbocycles. The van der Waals surface area contributed by atoms with E-state index < -0.39 is 0 Å². The quantitative estimate of drug-likeness (QED) is 0.691. The molecule has 2 heterocycles. The van der Waals surface area contributed by atoms with Gasteiger partial charge in [-0.2, -0.15) is 0 Å². The van der Waals surface area contributed by atoms with Crippen molar-refractivity contribution in [2.45, 2.75) is 31.7 Å². The fraction of sp³-hybridized carbons (Fsp3) is 0.278. The van der Waals surface area contributed by atoms with Gasteiger partial charge in [-0.05, 0) is 31.0 Å². The molecule has 4 rings (SSSR count). The summed E-state index contributed by atoms with van der Waals surface area (Å²) >= 11 is 7.70. The molecule has 3 aromatic rings. The molecule has 1 N–H and O–H groups in total. The molecule has 1 aromatic carbocycles. The first kappa shape index (κ1) is 15.5. The number of hydrogen-bond donors (Lipinski definition) is 1. The van der Waals surface area contributed by atoms with E-state index in [1.165, 1.54) is 25.7 Å². The lowest BCUT2D eigenvalue weighted by molar-refractivity contribution is 0.744. The SMILES string of the molecule is Clc1cccc(-c2ncsc2-c2ccnc(NC3CCCC3)n2)c1. The van der Waals surface area contributed by atoms with Gasteiger partial charge in [0.05, 0.1) is 21.8 Å². The fourth-order valence-corrected chi connectivity index (χ4v) is 4.05. The van der Waals surface area contributed by atoms with Crippen molar-refractivity contribution >= 4 is 28.9 Å². The molecule has 24 heavy (non-hydrogen) atoms. The summed E-state index contributed by atoms with van der Waals surface area (Å²) in [7, 11) is 0. The van der Waals surface area contributed by atoms with Gasteiger partial charge in [-0.3, -0.25) is 0 Å². The molecule has 0 bridgehead atoms. The van der Waals surface area contributed by atoms with Gasteiger partial charge in [-0.15, -0.1) is 11.3 Å². The van der Waals surface area contributed by atoms with Crippen LogP contribution >= 0.6 is 22.9 Å². The lowest BCUT2D eigenvalue weighted by atomic mass is 10.1. The van der Waals surface area contributed by atoms with E-state index in [1.54, 1.807) is 17.5 Å². The van der Waals surface area contributed by atoms with E-state index in [0.717, 1.165) is 21.8 Å². The zero-order valence-electron chi connectivity index (χ0n) is 13.1. The topological polar surface area (TPSA) is 50.7 Å². The van der Waals surface area contributed by atoms with Crippen LogP contribution in [0.2, 0.25) is 5.02 Å². The third-order valence-corrected chi connectivity index (χ3v) is 5.33. The minimum atomic E-state index is 0.495. The van der Waals surface area contributed by atoms with Gasteiger partial charge in [0.25, 0.3) is 0 Å². The van der Waals surface area contributed by atoms with Gasteiger partial charge >= 0.3 is 0 Å². The Morgan fingerprint density at radius 1 is 1.12 bits per heavy atom. The third kappa shape index (κ3) is 3.28. The van der Waals surface area contributed by atoms with Crippen LogP contribution in [-0.2, 0) is 0 Å². The Morgan fingerprint density at radius 3 is 2.83 bits per heavy atom. The number of benzene rings is 1. The molecule has 1 aliphatic carbocycles. The molecule has 1 aliphatic rings. The normalized spacial score (nSPS) is 14.9. The monoisotopic (exact) mass is 356 g/mol. The van der Waals surface area contributed by atoms with E-state index in [-0.39, 0.29) is 0 Å². The molecule has 122 valence electrons. The number of nitrogens with one attached hydrogen (secondary N) is 1. The molecule has 0 atom stereocenters. The van der Waals surface area contributed by atoms with E-state index in [2.05, 4.69) is 15.3 Å². The molecule has 4 nitrogen and oxygen atoms in total. The van der Waals surface area contributed by atoms with Crippen LogP contribution < -0.4 is 5.32 Å². The second kappa shape index (κ2) is 6.87. The summed E-state index contributed by atoms with van der Waals surface area (Å²) in [5, 5.41) is 4.16. The number of aromatic nitrogens is 3. The first-order valence-electron chi connectivity index (χ1n) is 8.09. The number of thiazole rings is 1. The van der Waals surface area contributed by atoms with Crippen LogP contribution in [-0.4, -0.2) is 21.0 Å². The minimum Gasteiger partial charge on any atom is -0.351 e. The van der Waals surface area contributed by atoms with Crippen LogP contribution in [0.4, 0.5) is 5.95 Å². The first-order valence-corrected chi connectivity index (χ1v) is 9.35. The minimum absolute atomic E-state index is 0.495. The summed E-state index contributed by atoms with van der Waals surface area (Å²) in [6, 6.07) is 10.2. The van der Waals surface area contributed by atoms with Gasteiger partial charge in [0.15, 0.2) is 0 Å². The Balaban J connectivity index is 1.66. The van der Waals surface area contributed by atoms with Crippen LogP contribution in [0.25, 0.3) is 21.8 Å². The van der Waals surface area contributed by atoms with Crippen molar-refractivity contribution < 1.29 is 0 Å². The van der Waals surface area contributed by atoms with Crippen LogP contribution in [0, 0.1) is 0 Å². The van der Waals surface area contributed by atoms with Crippen LogP contribution in [0.1, 0.15) is 25.7 Å². The predicted octanol–water partition coefficient (Wildman–Crippen LogP) is 5.28. The van der Waals surface area contributed by atoms with Gasteiger partial charge < -0.3 is 5.32 Å². The Kier molecular flexibility index (Phi) is 4.45. The number of rotatable bonds is 4. The van der Waals surface area contributed by atoms with Crippen molar-refractivity contribution in [3.05, 3.63) is 47.1 Å². The van der Waals surface area contributed by atoms with E-state index in [4.69, 9.17) is 16.6 Å². The molecule has 0 unspecified atom stereocenters. The summed E-state index contributed by atoms with van der Waals surface area (Å²) in [5.74, 6) is 0.699. The van der Waals surface area contributed by atoms with Crippen molar-refractivity contribution in [2.75, 3.05) is 5.32 Å². The first-order chi connectivity index (χ1) is 11.8. The van der Waals surface area contributed by atoms with Gasteiger partial charge in [-0.25, -0.2) is 15.0 Å². The number of anilines is 1. The lowest BCUT2D eigenvalue weighted by Gasteiger charge is -2.12. The summed E-state index contributed by atoms with van der Waals surface area (Å²) < 4.78 is 0.